The van der Waals surface area contributed by atoms with Gasteiger partial charge in [0.1, 0.15) is 6.04 Å². The van der Waals surface area contributed by atoms with E-state index in [9.17, 15) is 23.3 Å². The smallest absolute Gasteiger partial charge is 0.270 e. The van der Waals surface area contributed by atoms with Crippen LogP contribution in [0.2, 0.25) is 5.02 Å². The topological polar surface area (TPSA) is 110 Å². The van der Waals surface area contributed by atoms with Gasteiger partial charge in [-0.3, -0.25) is 14.9 Å². The van der Waals surface area contributed by atoms with E-state index in [1.165, 1.54) is 18.2 Å². The summed E-state index contributed by atoms with van der Waals surface area (Å²) in [6.07, 6.45) is 0. The van der Waals surface area contributed by atoms with Gasteiger partial charge in [-0.1, -0.05) is 29.8 Å². The Hall–Kier alpha value is -2.49. The van der Waals surface area contributed by atoms with Crippen LogP contribution < -0.4 is 5.32 Å². The van der Waals surface area contributed by atoms with E-state index in [0.717, 1.165) is 10.4 Å². The van der Waals surface area contributed by atoms with Crippen molar-refractivity contribution < 1.29 is 18.1 Å². The lowest BCUT2D eigenvalue weighted by Crippen LogP contribution is -2.52. The molecule has 0 radical (unpaired) electrons. The maximum absolute atomic E-state index is 13.1. The van der Waals surface area contributed by atoms with Crippen LogP contribution in [-0.2, 0) is 14.8 Å². The molecule has 0 aromatic heterocycles. The molecule has 1 amide bonds. The van der Waals surface area contributed by atoms with Crippen molar-refractivity contribution in [2.45, 2.75) is 10.9 Å². The quantitative estimate of drug-likeness (QED) is 0.629. The van der Waals surface area contributed by atoms with Gasteiger partial charge >= 0.3 is 0 Å². The molecule has 0 aliphatic carbocycles. The van der Waals surface area contributed by atoms with Crippen molar-refractivity contribution in [2.24, 2.45) is 0 Å². The van der Waals surface area contributed by atoms with E-state index in [4.69, 9.17) is 11.6 Å². The number of halogens is 1. The third kappa shape index (κ3) is 3.41. The van der Waals surface area contributed by atoms with Crippen LogP contribution >= 0.6 is 11.6 Å². The summed E-state index contributed by atoms with van der Waals surface area (Å²) >= 11 is 5.86. The molecule has 0 saturated carbocycles. The maximum atomic E-state index is 13.1. The van der Waals surface area contributed by atoms with Gasteiger partial charge in [-0.15, -0.1) is 0 Å². The van der Waals surface area contributed by atoms with Gasteiger partial charge in [-0.25, -0.2) is 8.42 Å². The van der Waals surface area contributed by atoms with Crippen molar-refractivity contribution in [3.05, 3.63) is 69.2 Å². The molecule has 10 heteroatoms. The number of benzene rings is 2. The number of piperazine rings is 1. The Labute approximate surface area is 154 Å². The molecule has 1 atom stereocenters. The Kier molecular flexibility index (Phi) is 4.94. The molecule has 8 nitrogen and oxygen atoms in total. The average molecular weight is 396 g/mol. The first-order valence-electron chi connectivity index (χ1n) is 7.60. The molecule has 1 aliphatic heterocycles. The van der Waals surface area contributed by atoms with Gasteiger partial charge in [-0.2, -0.15) is 4.31 Å². The summed E-state index contributed by atoms with van der Waals surface area (Å²) in [5.74, 6) is -0.465. The number of sulfonamides is 1. The molecular weight excluding hydrogens is 382 g/mol. The number of hydrogen-bond acceptors (Lipinski definition) is 5. The second kappa shape index (κ2) is 7.02. The number of rotatable bonds is 4. The van der Waals surface area contributed by atoms with Crippen molar-refractivity contribution in [2.75, 3.05) is 13.1 Å². The van der Waals surface area contributed by atoms with Crippen molar-refractivity contribution in [1.29, 1.82) is 0 Å². The first-order valence-corrected chi connectivity index (χ1v) is 9.42. The average Bonchev–Trinajstić information content (AvgIpc) is 2.62. The molecule has 3 rings (SSSR count). The highest BCUT2D eigenvalue weighted by Gasteiger charge is 2.39. The summed E-state index contributed by atoms with van der Waals surface area (Å²) in [7, 11) is -4.12. The number of carbonyl (C=O) groups is 1. The van der Waals surface area contributed by atoms with Crippen molar-refractivity contribution in [3.8, 4) is 0 Å². The number of nitrogens with zero attached hydrogens (tertiary/aromatic N) is 2. The van der Waals surface area contributed by atoms with Gasteiger partial charge in [-0.05, 0) is 23.8 Å². The van der Waals surface area contributed by atoms with Crippen LogP contribution in [0.15, 0.2) is 53.4 Å². The summed E-state index contributed by atoms with van der Waals surface area (Å²) in [5, 5.41) is 14.0. The predicted molar refractivity (Wildman–Crippen MR) is 94.2 cm³/mol. The Morgan fingerprint density at radius 2 is 1.88 bits per heavy atom. The fraction of sp³-hybridized carbons (Fsp3) is 0.188. The van der Waals surface area contributed by atoms with Gasteiger partial charge in [0.25, 0.3) is 5.69 Å². The Morgan fingerprint density at radius 3 is 2.54 bits per heavy atom. The molecule has 0 spiro atoms. The Morgan fingerprint density at radius 1 is 1.19 bits per heavy atom. The lowest BCUT2D eigenvalue weighted by atomic mass is 10.1. The highest BCUT2D eigenvalue weighted by atomic mass is 35.5. The number of nitrogens with one attached hydrogen (secondary N) is 1. The second-order valence-electron chi connectivity index (χ2n) is 5.62. The van der Waals surface area contributed by atoms with E-state index in [1.54, 1.807) is 24.3 Å². The standard InChI is InChI=1S/C16H14ClN3O5S/c17-12-6-4-11(5-7-12)15-16(21)18-8-9-19(15)26(24,25)14-3-1-2-13(10-14)20(22)23/h1-7,10,15H,8-9H2,(H,18,21). The van der Waals surface area contributed by atoms with Crippen LogP contribution in [0.1, 0.15) is 11.6 Å². The molecule has 1 saturated heterocycles. The minimum Gasteiger partial charge on any atom is -0.353 e. The van der Waals surface area contributed by atoms with Crippen LogP contribution in [-0.4, -0.2) is 36.6 Å². The van der Waals surface area contributed by atoms with Crippen molar-refractivity contribution in [3.63, 3.8) is 0 Å². The minimum atomic E-state index is -4.12. The molecular formula is C16H14ClN3O5S. The van der Waals surface area contributed by atoms with Crippen molar-refractivity contribution >= 4 is 33.2 Å². The maximum Gasteiger partial charge on any atom is 0.270 e. The summed E-state index contributed by atoms with van der Waals surface area (Å²) in [5.41, 5.74) is 0.121. The zero-order valence-electron chi connectivity index (χ0n) is 13.3. The number of amides is 1. The number of carbonyl (C=O) groups excluding carboxylic acids is 1. The van der Waals surface area contributed by atoms with Gasteiger partial charge in [0.2, 0.25) is 15.9 Å². The molecule has 1 fully saturated rings. The normalized spacial score (nSPS) is 18.3. The molecule has 2 aromatic rings. The van der Waals surface area contributed by atoms with Crippen LogP contribution in [0.5, 0.6) is 0 Å². The molecule has 26 heavy (non-hydrogen) atoms. The Balaban J connectivity index is 2.06. The fourth-order valence-electron chi connectivity index (χ4n) is 2.76. The van der Waals surface area contributed by atoms with E-state index >= 15 is 0 Å². The first-order chi connectivity index (χ1) is 12.3. The van der Waals surface area contributed by atoms with Gasteiger partial charge in [0, 0.05) is 30.2 Å². The third-order valence-corrected chi connectivity index (χ3v) is 6.10. The van der Waals surface area contributed by atoms with Crippen LogP contribution in [0.4, 0.5) is 5.69 Å². The molecule has 2 aromatic carbocycles. The zero-order chi connectivity index (χ0) is 18.9. The first kappa shape index (κ1) is 18.3. The third-order valence-electron chi connectivity index (χ3n) is 3.99. The molecule has 136 valence electrons. The highest BCUT2D eigenvalue weighted by Crippen LogP contribution is 2.31. The van der Waals surface area contributed by atoms with Crippen LogP contribution in [0, 0.1) is 10.1 Å². The lowest BCUT2D eigenvalue weighted by Gasteiger charge is -2.34. The zero-order valence-corrected chi connectivity index (χ0v) is 14.9. The lowest BCUT2D eigenvalue weighted by molar-refractivity contribution is -0.385. The monoisotopic (exact) mass is 395 g/mol. The largest absolute Gasteiger partial charge is 0.353 e. The summed E-state index contributed by atoms with van der Waals surface area (Å²) in [4.78, 5) is 22.4. The minimum absolute atomic E-state index is 0.0457. The molecule has 0 bridgehead atoms. The predicted octanol–water partition coefficient (Wildman–Crippen LogP) is 2.11. The molecule has 1 heterocycles. The SMILES string of the molecule is O=C1NCCN(S(=O)(=O)c2cccc([N+](=O)[O-])c2)C1c1ccc(Cl)cc1. The summed E-state index contributed by atoms with van der Waals surface area (Å²) < 4.78 is 27.2. The van der Waals surface area contributed by atoms with E-state index < -0.39 is 26.9 Å². The molecule has 1 aliphatic rings. The van der Waals surface area contributed by atoms with Crippen LogP contribution in [0.3, 0.4) is 0 Å². The van der Waals surface area contributed by atoms with Crippen LogP contribution in [0.25, 0.3) is 0 Å². The molecule has 1 N–H and O–H groups in total. The van der Waals surface area contributed by atoms with E-state index in [2.05, 4.69) is 5.32 Å². The number of nitro benzene ring substituents is 1. The second-order valence-corrected chi connectivity index (χ2v) is 7.94. The van der Waals surface area contributed by atoms with Gasteiger partial charge in [0.05, 0.1) is 9.82 Å². The highest BCUT2D eigenvalue weighted by molar-refractivity contribution is 7.89. The van der Waals surface area contributed by atoms with Gasteiger partial charge in [0.15, 0.2) is 0 Å². The summed E-state index contributed by atoms with van der Waals surface area (Å²) in [6.45, 7) is 0.196. The molecule has 1 unspecified atom stereocenters. The van der Waals surface area contributed by atoms with Crippen molar-refractivity contribution in [1.82, 2.24) is 9.62 Å². The van der Waals surface area contributed by atoms with Gasteiger partial charge < -0.3 is 5.32 Å². The van der Waals surface area contributed by atoms with E-state index in [1.807, 2.05) is 0 Å². The number of nitro groups is 1. The fourth-order valence-corrected chi connectivity index (χ4v) is 4.50. The van der Waals surface area contributed by atoms with E-state index in [-0.39, 0.29) is 23.7 Å². The van der Waals surface area contributed by atoms with E-state index in [0.29, 0.717) is 10.6 Å². The summed E-state index contributed by atoms with van der Waals surface area (Å²) in [6, 6.07) is 9.97. The Bertz CT molecular complexity index is 962. The number of non-ortho nitro benzene ring substituents is 1. The number of hydrogen-bond donors (Lipinski definition) is 1.